The van der Waals surface area contributed by atoms with Gasteiger partial charge in [-0.25, -0.2) is 4.79 Å². The molecule has 202 valence electrons. The summed E-state index contributed by atoms with van der Waals surface area (Å²) in [6.07, 6.45) is 5.09. The predicted molar refractivity (Wildman–Crippen MR) is 161 cm³/mol. The SMILES string of the molecule is CC1(C)c2ccccc2-c2ccc(N3c4ccc(/C=C5\C(=O)c6cc(C(=O)O)sc6C5=O)cc4C4CCCC43)cc21. The van der Waals surface area contributed by atoms with Crippen LogP contribution in [0.4, 0.5) is 11.4 Å². The minimum atomic E-state index is -1.12. The molecule has 1 N–H and O–H groups in total. The van der Waals surface area contributed by atoms with Crippen molar-refractivity contribution >= 4 is 46.3 Å². The smallest absolute Gasteiger partial charge is 0.345 e. The number of hydrogen-bond acceptors (Lipinski definition) is 5. The quantitative estimate of drug-likeness (QED) is 0.204. The van der Waals surface area contributed by atoms with Crippen LogP contribution in [-0.2, 0) is 5.41 Å². The maximum atomic E-state index is 13.0. The van der Waals surface area contributed by atoms with Crippen LogP contribution in [0.3, 0.4) is 0 Å². The van der Waals surface area contributed by atoms with E-state index in [1.54, 1.807) is 6.08 Å². The van der Waals surface area contributed by atoms with Gasteiger partial charge in [0.2, 0.25) is 5.78 Å². The number of nitrogens with zero attached hydrogens (tertiary/aromatic N) is 1. The summed E-state index contributed by atoms with van der Waals surface area (Å²) < 4.78 is 0. The molecule has 2 heterocycles. The molecule has 1 saturated carbocycles. The van der Waals surface area contributed by atoms with Crippen molar-refractivity contribution in [3.63, 3.8) is 0 Å². The van der Waals surface area contributed by atoms with Crippen LogP contribution in [0.2, 0.25) is 0 Å². The van der Waals surface area contributed by atoms with E-state index in [4.69, 9.17) is 0 Å². The average molecular weight is 558 g/mol. The monoisotopic (exact) mass is 557 g/mol. The molecule has 1 fully saturated rings. The van der Waals surface area contributed by atoms with E-state index >= 15 is 0 Å². The third-order valence-electron chi connectivity index (χ3n) is 9.56. The Morgan fingerprint density at radius 1 is 0.927 bits per heavy atom. The third kappa shape index (κ3) is 3.31. The lowest BCUT2D eigenvalue weighted by Crippen LogP contribution is -2.27. The van der Waals surface area contributed by atoms with E-state index in [9.17, 15) is 19.5 Å². The number of ketones is 2. The summed E-state index contributed by atoms with van der Waals surface area (Å²) in [5.41, 5.74) is 10.1. The zero-order chi connectivity index (χ0) is 28.2. The van der Waals surface area contributed by atoms with Crippen LogP contribution in [0.25, 0.3) is 17.2 Å². The van der Waals surface area contributed by atoms with Crippen molar-refractivity contribution in [3.05, 3.63) is 110 Å². The molecule has 0 amide bonds. The minimum Gasteiger partial charge on any atom is -0.477 e. The fraction of sp³-hybridized carbons (Fsp3) is 0.229. The highest BCUT2D eigenvalue weighted by Crippen LogP contribution is 2.55. The van der Waals surface area contributed by atoms with Crippen LogP contribution >= 0.6 is 11.3 Å². The molecular formula is C35H27NO4S. The van der Waals surface area contributed by atoms with Gasteiger partial charge in [-0.3, -0.25) is 9.59 Å². The second-order valence-electron chi connectivity index (χ2n) is 12.1. The lowest BCUT2D eigenvalue weighted by molar-refractivity contribution is 0.0702. The van der Waals surface area contributed by atoms with Gasteiger partial charge in [0, 0.05) is 34.3 Å². The lowest BCUT2D eigenvalue weighted by atomic mass is 9.82. The Morgan fingerprint density at radius 3 is 2.54 bits per heavy atom. The van der Waals surface area contributed by atoms with Crippen molar-refractivity contribution in [2.75, 3.05) is 4.90 Å². The van der Waals surface area contributed by atoms with Gasteiger partial charge in [-0.15, -0.1) is 11.3 Å². The number of fused-ring (bicyclic) bond motifs is 7. The predicted octanol–water partition coefficient (Wildman–Crippen LogP) is 8.00. The second kappa shape index (κ2) is 8.37. The molecule has 2 atom stereocenters. The molecule has 1 aromatic heterocycles. The van der Waals surface area contributed by atoms with Gasteiger partial charge in [0.05, 0.1) is 10.5 Å². The van der Waals surface area contributed by atoms with Crippen LogP contribution in [0.15, 0.2) is 72.3 Å². The molecule has 4 aromatic rings. The number of rotatable bonds is 3. The van der Waals surface area contributed by atoms with E-state index in [-0.39, 0.29) is 32.1 Å². The van der Waals surface area contributed by atoms with Crippen LogP contribution in [0.1, 0.15) is 91.0 Å². The number of anilines is 2. The number of hydrogen-bond donors (Lipinski definition) is 1. The number of benzene rings is 3. The highest BCUT2D eigenvalue weighted by atomic mass is 32.1. The Morgan fingerprint density at radius 2 is 1.73 bits per heavy atom. The molecule has 0 radical (unpaired) electrons. The van der Waals surface area contributed by atoms with E-state index in [2.05, 4.69) is 73.3 Å². The van der Waals surface area contributed by atoms with Crippen molar-refractivity contribution in [1.29, 1.82) is 0 Å². The van der Waals surface area contributed by atoms with Crippen LogP contribution in [0.5, 0.6) is 0 Å². The molecule has 41 heavy (non-hydrogen) atoms. The Hall–Kier alpha value is -4.29. The number of Topliss-reactive ketones (excluding diaryl/α,β-unsaturated/α-hetero) is 2. The molecule has 0 spiro atoms. The fourth-order valence-corrected chi connectivity index (χ4v) is 8.59. The van der Waals surface area contributed by atoms with Gasteiger partial charge in [-0.2, -0.15) is 0 Å². The molecule has 6 heteroatoms. The summed E-state index contributed by atoms with van der Waals surface area (Å²) >= 11 is 0.874. The van der Waals surface area contributed by atoms with Gasteiger partial charge < -0.3 is 10.0 Å². The summed E-state index contributed by atoms with van der Waals surface area (Å²) in [6.45, 7) is 4.62. The number of aromatic carboxylic acids is 1. The molecule has 3 aromatic carbocycles. The number of allylic oxidation sites excluding steroid dienone is 1. The van der Waals surface area contributed by atoms with Gasteiger partial charge in [0.1, 0.15) is 4.88 Å². The maximum absolute atomic E-state index is 13.0. The van der Waals surface area contributed by atoms with Crippen LogP contribution in [0, 0.1) is 0 Å². The van der Waals surface area contributed by atoms with Gasteiger partial charge in [0.25, 0.3) is 0 Å². The highest BCUT2D eigenvalue weighted by molar-refractivity contribution is 7.17. The normalized spacial score (nSPS) is 22.1. The zero-order valence-electron chi connectivity index (χ0n) is 22.7. The van der Waals surface area contributed by atoms with Crippen molar-refractivity contribution in [2.24, 2.45) is 0 Å². The van der Waals surface area contributed by atoms with Crippen molar-refractivity contribution in [3.8, 4) is 11.1 Å². The van der Waals surface area contributed by atoms with Gasteiger partial charge in [-0.05, 0) is 82.6 Å². The van der Waals surface area contributed by atoms with Gasteiger partial charge in [-0.1, -0.05) is 56.7 Å². The summed E-state index contributed by atoms with van der Waals surface area (Å²) in [5.74, 6) is -1.50. The molecule has 2 unspecified atom stereocenters. The molecule has 0 saturated heterocycles. The topological polar surface area (TPSA) is 74.7 Å². The first-order valence-corrected chi connectivity index (χ1v) is 14.9. The van der Waals surface area contributed by atoms with E-state index in [0.717, 1.165) is 29.7 Å². The first kappa shape index (κ1) is 24.5. The molecule has 1 aliphatic heterocycles. The second-order valence-corrected chi connectivity index (χ2v) is 13.1. The zero-order valence-corrected chi connectivity index (χ0v) is 23.5. The number of carboxylic acids is 1. The Balaban J connectivity index is 1.17. The Labute approximate surface area is 241 Å². The number of carbonyl (C=O) groups is 3. The average Bonchev–Trinajstić information content (AvgIpc) is 3.75. The number of thiophene rings is 1. The van der Waals surface area contributed by atoms with Crippen molar-refractivity contribution < 1.29 is 19.5 Å². The molecular weight excluding hydrogens is 530 g/mol. The van der Waals surface area contributed by atoms with Crippen molar-refractivity contribution in [2.45, 2.75) is 50.5 Å². The summed E-state index contributed by atoms with van der Waals surface area (Å²) in [4.78, 5) is 40.2. The lowest BCUT2D eigenvalue weighted by Gasteiger charge is -2.29. The van der Waals surface area contributed by atoms with E-state index in [1.807, 2.05) is 6.07 Å². The molecule has 0 bridgehead atoms. The van der Waals surface area contributed by atoms with E-state index in [0.29, 0.717) is 12.0 Å². The maximum Gasteiger partial charge on any atom is 0.345 e. The van der Waals surface area contributed by atoms with Crippen LogP contribution < -0.4 is 4.90 Å². The number of carbonyl (C=O) groups excluding carboxylic acids is 2. The fourth-order valence-electron chi connectivity index (χ4n) is 7.64. The van der Waals surface area contributed by atoms with E-state index in [1.165, 1.54) is 51.7 Å². The Bertz CT molecular complexity index is 1860. The standard InChI is InChI=1S/C35H27NO4S/c1-35(2)26-8-4-3-6-20(26)21-12-11-19(16-27(21)35)36-28-9-5-7-22(28)23-14-18(10-13-29(23)36)15-24-31(37)25-17-30(34(39)40)41-33(25)32(24)38/h3-4,6,8,10-17,22,28H,5,7,9H2,1-2H3,(H,39,40)/b24-15+. The van der Waals surface area contributed by atoms with Crippen molar-refractivity contribution in [1.82, 2.24) is 0 Å². The third-order valence-corrected chi connectivity index (χ3v) is 10.7. The number of carboxylic acid groups (broad SMARTS) is 1. The molecule has 4 aliphatic rings. The molecule has 5 nitrogen and oxygen atoms in total. The molecule has 8 rings (SSSR count). The summed E-state index contributed by atoms with van der Waals surface area (Å²) in [6, 6.07) is 23.6. The largest absolute Gasteiger partial charge is 0.477 e. The first-order chi connectivity index (χ1) is 19.7. The van der Waals surface area contributed by atoms with Gasteiger partial charge >= 0.3 is 5.97 Å². The van der Waals surface area contributed by atoms with Gasteiger partial charge in [0.15, 0.2) is 5.78 Å². The Kier molecular flexibility index (Phi) is 5.00. The summed E-state index contributed by atoms with van der Waals surface area (Å²) in [5, 5.41) is 9.27. The summed E-state index contributed by atoms with van der Waals surface area (Å²) in [7, 11) is 0. The highest BCUT2D eigenvalue weighted by Gasteiger charge is 2.43. The minimum absolute atomic E-state index is 0.0134. The molecule has 3 aliphatic carbocycles. The van der Waals surface area contributed by atoms with E-state index < -0.39 is 11.8 Å². The first-order valence-electron chi connectivity index (χ1n) is 14.1. The van der Waals surface area contributed by atoms with Crippen LogP contribution in [-0.4, -0.2) is 28.7 Å².